The van der Waals surface area contributed by atoms with Gasteiger partial charge in [0.2, 0.25) is 5.91 Å². The minimum Gasteiger partial charge on any atom is -0.312 e. The molecular formula is C20H23ClN2O3S. The first-order valence-electron chi connectivity index (χ1n) is 8.89. The van der Waals surface area contributed by atoms with Crippen LogP contribution in [0.2, 0.25) is 5.02 Å². The van der Waals surface area contributed by atoms with Gasteiger partial charge in [0.25, 0.3) is 10.0 Å². The Morgan fingerprint density at radius 3 is 2.44 bits per heavy atom. The first-order valence-corrected chi connectivity index (χ1v) is 10.8. The molecule has 2 aromatic carbocycles. The molecular weight excluding hydrogens is 384 g/mol. The summed E-state index contributed by atoms with van der Waals surface area (Å²) in [5.74, 6) is 0.0773. The van der Waals surface area contributed by atoms with Crippen LogP contribution in [0.3, 0.4) is 0 Å². The molecule has 0 bridgehead atoms. The van der Waals surface area contributed by atoms with Gasteiger partial charge >= 0.3 is 0 Å². The number of hydrogen-bond acceptors (Lipinski definition) is 3. The molecule has 1 aliphatic rings. The Balaban J connectivity index is 1.95. The Morgan fingerprint density at radius 1 is 1.00 bits per heavy atom. The summed E-state index contributed by atoms with van der Waals surface area (Å²) in [7, 11) is -3.77. The molecule has 5 nitrogen and oxygen atoms in total. The second-order valence-electron chi connectivity index (χ2n) is 6.98. The highest BCUT2D eigenvalue weighted by Crippen LogP contribution is 2.30. The first-order chi connectivity index (χ1) is 12.7. The van der Waals surface area contributed by atoms with Crippen molar-refractivity contribution in [2.24, 2.45) is 0 Å². The maximum atomic E-state index is 12.9. The lowest BCUT2D eigenvalue weighted by atomic mass is 10.1. The van der Waals surface area contributed by atoms with E-state index in [-0.39, 0.29) is 10.8 Å². The van der Waals surface area contributed by atoms with E-state index >= 15 is 0 Å². The number of nitrogens with one attached hydrogen (secondary N) is 1. The summed E-state index contributed by atoms with van der Waals surface area (Å²) >= 11 is 6.08. The second kappa shape index (κ2) is 7.52. The molecule has 1 N–H and O–H groups in total. The SMILES string of the molecule is Cc1cc(S(=O)(=O)Nc2ccc(C)c(N3CCCCC3=O)c2)c(C)cc1Cl. The van der Waals surface area contributed by atoms with Gasteiger partial charge in [-0.15, -0.1) is 0 Å². The number of anilines is 2. The fourth-order valence-electron chi connectivity index (χ4n) is 3.28. The molecule has 1 saturated heterocycles. The molecule has 0 aliphatic carbocycles. The average molecular weight is 407 g/mol. The zero-order chi connectivity index (χ0) is 19.8. The number of hydrogen-bond donors (Lipinski definition) is 1. The molecule has 0 aromatic heterocycles. The maximum absolute atomic E-state index is 12.9. The standard InChI is InChI=1S/C20H23ClN2O3S/c1-13-7-8-16(12-18(13)23-9-5-4-6-20(23)24)22-27(25,26)19-11-14(2)17(21)10-15(19)3/h7-8,10-12,22H,4-6,9H2,1-3H3. The summed E-state index contributed by atoms with van der Waals surface area (Å²) in [6.45, 7) is 6.06. The summed E-state index contributed by atoms with van der Waals surface area (Å²) in [5.41, 5.74) is 3.40. The van der Waals surface area contributed by atoms with Crippen molar-refractivity contribution in [3.05, 3.63) is 52.0 Å². The molecule has 1 amide bonds. The third-order valence-electron chi connectivity index (χ3n) is 4.82. The van der Waals surface area contributed by atoms with Crippen LogP contribution in [0.4, 0.5) is 11.4 Å². The molecule has 2 aromatic rings. The third-order valence-corrected chi connectivity index (χ3v) is 6.75. The summed E-state index contributed by atoms with van der Waals surface area (Å²) in [4.78, 5) is 14.2. The van der Waals surface area contributed by atoms with Gasteiger partial charge in [-0.2, -0.15) is 0 Å². The molecule has 1 fully saturated rings. The highest BCUT2D eigenvalue weighted by molar-refractivity contribution is 7.92. The van der Waals surface area contributed by atoms with Crippen molar-refractivity contribution in [3.8, 4) is 0 Å². The van der Waals surface area contributed by atoms with Crippen molar-refractivity contribution in [2.75, 3.05) is 16.2 Å². The topological polar surface area (TPSA) is 66.5 Å². The monoisotopic (exact) mass is 406 g/mol. The largest absolute Gasteiger partial charge is 0.312 e. The van der Waals surface area contributed by atoms with E-state index in [2.05, 4.69) is 4.72 Å². The van der Waals surface area contributed by atoms with Crippen LogP contribution in [-0.4, -0.2) is 20.9 Å². The second-order valence-corrected chi connectivity index (χ2v) is 9.03. The van der Waals surface area contributed by atoms with Crippen molar-refractivity contribution in [2.45, 2.75) is 44.9 Å². The third kappa shape index (κ3) is 4.12. The highest BCUT2D eigenvalue weighted by atomic mass is 35.5. The number of sulfonamides is 1. The van der Waals surface area contributed by atoms with E-state index in [0.717, 1.165) is 24.1 Å². The number of halogens is 1. The van der Waals surface area contributed by atoms with Gasteiger partial charge in [-0.1, -0.05) is 17.7 Å². The molecule has 0 saturated carbocycles. The van der Waals surface area contributed by atoms with E-state index in [1.807, 2.05) is 13.0 Å². The summed E-state index contributed by atoms with van der Waals surface area (Å²) in [6.07, 6.45) is 2.37. The van der Waals surface area contributed by atoms with E-state index in [1.54, 1.807) is 43.0 Å². The van der Waals surface area contributed by atoms with E-state index in [9.17, 15) is 13.2 Å². The number of piperidine rings is 1. The molecule has 0 atom stereocenters. The highest BCUT2D eigenvalue weighted by Gasteiger charge is 2.23. The minimum atomic E-state index is -3.77. The van der Waals surface area contributed by atoms with E-state index in [4.69, 9.17) is 11.6 Å². The lowest BCUT2D eigenvalue weighted by Crippen LogP contribution is -2.35. The number of nitrogens with zero attached hydrogens (tertiary/aromatic N) is 1. The van der Waals surface area contributed by atoms with Gasteiger partial charge in [0.15, 0.2) is 0 Å². The number of benzene rings is 2. The van der Waals surface area contributed by atoms with Crippen LogP contribution < -0.4 is 9.62 Å². The Hall–Kier alpha value is -2.05. The summed E-state index contributed by atoms with van der Waals surface area (Å²) in [5, 5.41) is 0.535. The van der Waals surface area contributed by atoms with Gasteiger partial charge in [-0.3, -0.25) is 9.52 Å². The lowest BCUT2D eigenvalue weighted by molar-refractivity contribution is -0.119. The van der Waals surface area contributed by atoms with Gasteiger partial charge in [-0.25, -0.2) is 8.42 Å². The van der Waals surface area contributed by atoms with Gasteiger partial charge in [-0.05, 0) is 74.6 Å². The smallest absolute Gasteiger partial charge is 0.262 e. The van der Waals surface area contributed by atoms with Crippen molar-refractivity contribution in [3.63, 3.8) is 0 Å². The number of aryl methyl sites for hydroxylation is 3. The van der Waals surface area contributed by atoms with Crippen LogP contribution in [0.5, 0.6) is 0 Å². The number of amides is 1. The fourth-order valence-corrected chi connectivity index (χ4v) is 4.86. The summed E-state index contributed by atoms with van der Waals surface area (Å²) in [6, 6.07) is 8.49. The van der Waals surface area contributed by atoms with Crippen LogP contribution >= 0.6 is 11.6 Å². The number of carbonyl (C=O) groups is 1. The van der Waals surface area contributed by atoms with Crippen LogP contribution in [0, 0.1) is 20.8 Å². The van der Waals surface area contributed by atoms with Crippen LogP contribution in [-0.2, 0) is 14.8 Å². The predicted molar refractivity (Wildman–Crippen MR) is 109 cm³/mol. The van der Waals surface area contributed by atoms with Crippen molar-refractivity contribution >= 4 is 38.9 Å². The summed E-state index contributed by atoms with van der Waals surface area (Å²) < 4.78 is 28.4. The molecule has 7 heteroatoms. The Kier molecular flexibility index (Phi) is 5.49. The van der Waals surface area contributed by atoms with Crippen LogP contribution in [0.15, 0.2) is 35.2 Å². The van der Waals surface area contributed by atoms with Gasteiger partial charge in [0.05, 0.1) is 10.6 Å². The van der Waals surface area contributed by atoms with E-state index in [1.165, 1.54) is 0 Å². The molecule has 1 heterocycles. The predicted octanol–water partition coefficient (Wildman–Crippen LogP) is 4.58. The Labute approximate surface area is 165 Å². The zero-order valence-corrected chi connectivity index (χ0v) is 17.2. The van der Waals surface area contributed by atoms with Crippen molar-refractivity contribution in [1.29, 1.82) is 0 Å². The van der Waals surface area contributed by atoms with Gasteiger partial charge < -0.3 is 4.90 Å². The zero-order valence-electron chi connectivity index (χ0n) is 15.7. The maximum Gasteiger partial charge on any atom is 0.262 e. The fraction of sp³-hybridized carbons (Fsp3) is 0.350. The average Bonchev–Trinajstić information content (AvgIpc) is 2.60. The first kappa shape index (κ1) is 19.7. The molecule has 0 spiro atoms. The van der Waals surface area contributed by atoms with Gasteiger partial charge in [0, 0.05) is 23.7 Å². The van der Waals surface area contributed by atoms with Crippen molar-refractivity contribution in [1.82, 2.24) is 0 Å². The number of carbonyl (C=O) groups excluding carboxylic acids is 1. The minimum absolute atomic E-state index is 0.0773. The molecule has 0 unspecified atom stereocenters. The lowest BCUT2D eigenvalue weighted by Gasteiger charge is -2.28. The molecule has 144 valence electrons. The quantitative estimate of drug-likeness (QED) is 0.807. The van der Waals surface area contributed by atoms with Crippen molar-refractivity contribution < 1.29 is 13.2 Å². The Bertz CT molecular complexity index is 1000. The normalized spacial score (nSPS) is 15.1. The van der Waals surface area contributed by atoms with Crippen LogP contribution in [0.1, 0.15) is 36.0 Å². The van der Waals surface area contributed by atoms with E-state index in [0.29, 0.717) is 34.8 Å². The molecule has 1 aliphatic heterocycles. The molecule has 3 rings (SSSR count). The van der Waals surface area contributed by atoms with Crippen LogP contribution in [0.25, 0.3) is 0 Å². The van der Waals surface area contributed by atoms with E-state index < -0.39 is 10.0 Å². The molecule has 0 radical (unpaired) electrons. The number of rotatable bonds is 4. The Morgan fingerprint density at radius 2 is 1.74 bits per heavy atom. The molecule has 27 heavy (non-hydrogen) atoms. The van der Waals surface area contributed by atoms with Gasteiger partial charge in [0.1, 0.15) is 0 Å².